The summed E-state index contributed by atoms with van der Waals surface area (Å²) in [6, 6.07) is 0. The van der Waals surface area contributed by atoms with Crippen molar-refractivity contribution in [3.8, 4) is 0 Å². The number of amides is 2. The number of hydrogen-bond donors (Lipinski definition) is 0. The number of unbranched alkanes of at least 4 members (excludes halogenated alkanes) is 44. The maximum atomic E-state index is 13.1. The highest BCUT2D eigenvalue weighted by Gasteiger charge is 2.42. The summed E-state index contributed by atoms with van der Waals surface area (Å²) in [6.45, 7) is 8.39. The molecule has 0 unspecified atom stereocenters. The number of ether oxygens (including phenoxy) is 4. The van der Waals surface area contributed by atoms with Crippen molar-refractivity contribution in [3.05, 3.63) is 48.6 Å². The number of esters is 4. The molecule has 0 aromatic rings. The fourth-order valence-corrected chi connectivity index (χ4v) is 12.0. The van der Waals surface area contributed by atoms with Crippen LogP contribution in [-0.4, -0.2) is 120 Å². The summed E-state index contributed by atoms with van der Waals surface area (Å²) in [7, 11) is 0. The van der Waals surface area contributed by atoms with E-state index in [1.54, 1.807) is 4.90 Å². The molecule has 0 N–H and O–H groups in total. The van der Waals surface area contributed by atoms with Crippen LogP contribution in [0.15, 0.2) is 48.6 Å². The minimum atomic E-state index is -5.07. The Morgan fingerprint density at radius 2 is 0.467 bits per heavy atom. The van der Waals surface area contributed by atoms with E-state index < -0.39 is 37.1 Å². The van der Waals surface area contributed by atoms with Gasteiger partial charge in [-0.05, 0) is 144 Å². The Kier molecular flexibility index (Phi) is 87.0. The highest BCUT2D eigenvalue weighted by molar-refractivity contribution is 9.19. The molecule has 105 heavy (non-hydrogen) atoms. The molecule has 0 atom stereocenters. The molecule has 0 aliphatic rings. The first-order chi connectivity index (χ1) is 51.0. The van der Waals surface area contributed by atoms with Crippen LogP contribution in [-0.2, 0) is 52.5 Å². The SMILES string of the molecule is CCCCCCCC/C=C\CCCCCCCC(=O)OCCN(CCOC(=O)CCCCCCC/C=C\CCCCCCCC)C(=O)C(F)(F)F.CCCCCCCC/C=C\CCCCCCCC(=O)OCCN(CCOC(=O)CCCCCCC/C=C\CCCCCCCC)C(=O)CBr.O=C(Br)CBr. The van der Waals surface area contributed by atoms with Crippen LogP contribution in [0, 0.1) is 0 Å². The van der Waals surface area contributed by atoms with Crippen LogP contribution in [0.4, 0.5) is 13.2 Å². The van der Waals surface area contributed by atoms with Crippen molar-refractivity contribution in [1.29, 1.82) is 0 Å². The van der Waals surface area contributed by atoms with Gasteiger partial charge in [-0.25, -0.2) is 0 Å². The Bertz CT molecular complexity index is 2000. The number of alkyl halides is 5. The number of rotatable bonds is 74. The van der Waals surface area contributed by atoms with Crippen molar-refractivity contribution >= 4 is 88.2 Å². The third-order valence-corrected chi connectivity index (χ3v) is 20.2. The van der Waals surface area contributed by atoms with Crippen molar-refractivity contribution < 1.29 is 65.7 Å². The first-order valence-electron chi connectivity index (χ1n) is 42.2. The summed E-state index contributed by atoms with van der Waals surface area (Å²) in [5.41, 5.74) is 0. The van der Waals surface area contributed by atoms with Crippen LogP contribution in [0.1, 0.15) is 387 Å². The van der Waals surface area contributed by atoms with E-state index in [2.05, 4.69) is 124 Å². The van der Waals surface area contributed by atoms with Crippen molar-refractivity contribution in [3.63, 3.8) is 0 Å². The summed E-state index contributed by atoms with van der Waals surface area (Å²) >= 11 is 8.82. The van der Waals surface area contributed by atoms with Crippen LogP contribution >= 0.6 is 47.8 Å². The van der Waals surface area contributed by atoms with Gasteiger partial charge >= 0.3 is 36.0 Å². The zero-order chi connectivity index (χ0) is 77.9. The number of nitrogens with zero attached hydrogens (tertiary/aromatic N) is 2. The van der Waals surface area contributed by atoms with Crippen LogP contribution in [0.2, 0.25) is 0 Å². The van der Waals surface area contributed by atoms with Gasteiger partial charge in [0.05, 0.1) is 36.8 Å². The van der Waals surface area contributed by atoms with Crippen LogP contribution in [0.3, 0.4) is 0 Å². The molecule has 0 saturated heterocycles. The average Bonchev–Trinajstić information content (AvgIpc) is 0.876. The van der Waals surface area contributed by atoms with E-state index in [1.165, 1.54) is 193 Å². The van der Waals surface area contributed by atoms with E-state index >= 15 is 0 Å². The van der Waals surface area contributed by atoms with Gasteiger partial charge in [0.15, 0.2) is 0 Å². The lowest BCUT2D eigenvalue weighted by atomic mass is 10.1. The topological polar surface area (TPSA) is 163 Å². The van der Waals surface area contributed by atoms with Gasteiger partial charge in [-0.1, -0.05) is 314 Å². The fourth-order valence-electron chi connectivity index (χ4n) is 11.7. The summed E-state index contributed by atoms with van der Waals surface area (Å²) in [4.78, 5) is 84.5. The van der Waals surface area contributed by atoms with E-state index in [0.29, 0.717) is 49.0 Å². The Labute approximate surface area is 664 Å². The smallest absolute Gasteiger partial charge is 0.464 e. The quantitative estimate of drug-likeness (QED) is 0.0142. The zero-order valence-electron chi connectivity index (χ0n) is 66.9. The predicted octanol–water partition coefficient (Wildman–Crippen LogP) is 26.2. The van der Waals surface area contributed by atoms with Gasteiger partial charge in [0.25, 0.3) is 0 Å². The lowest BCUT2D eigenvalue weighted by molar-refractivity contribution is -0.187. The molecular formula is C86H152Br3F3N2O11. The average molecular weight is 1690 g/mol. The number of allylic oxidation sites excluding steroid dienone is 8. The summed E-state index contributed by atoms with van der Waals surface area (Å²) < 4.78 is 60.3. The van der Waals surface area contributed by atoms with E-state index in [9.17, 15) is 46.7 Å². The second-order valence-corrected chi connectivity index (χ2v) is 30.0. The predicted molar refractivity (Wildman–Crippen MR) is 442 cm³/mol. The minimum Gasteiger partial charge on any atom is -0.464 e. The summed E-state index contributed by atoms with van der Waals surface area (Å²) in [6.07, 6.45) is 76.1. The molecular weight excluding hydrogens is 1530 g/mol. The third-order valence-electron chi connectivity index (χ3n) is 18.2. The van der Waals surface area contributed by atoms with Gasteiger partial charge in [0, 0.05) is 25.7 Å². The molecule has 0 aromatic heterocycles. The summed E-state index contributed by atoms with van der Waals surface area (Å²) in [5, 5.41) is 0.575. The maximum absolute atomic E-state index is 13.1. The van der Waals surface area contributed by atoms with Gasteiger partial charge in [0.1, 0.15) is 26.4 Å². The van der Waals surface area contributed by atoms with Gasteiger partial charge in [-0.2, -0.15) is 13.2 Å². The molecule has 0 heterocycles. The number of halogens is 6. The Morgan fingerprint density at radius 3 is 0.648 bits per heavy atom. The highest BCUT2D eigenvalue weighted by atomic mass is 79.9. The minimum absolute atomic E-state index is 0.0162. The molecule has 13 nitrogen and oxygen atoms in total. The van der Waals surface area contributed by atoms with Crippen molar-refractivity contribution in [2.75, 3.05) is 63.3 Å². The van der Waals surface area contributed by atoms with Crippen LogP contribution in [0.25, 0.3) is 0 Å². The molecule has 0 aliphatic heterocycles. The van der Waals surface area contributed by atoms with Gasteiger partial charge in [-0.15, -0.1) is 0 Å². The largest absolute Gasteiger partial charge is 0.471 e. The number of hydrogen-bond acceptors (Lipinski definition) is 11. The Morgan fingerprint density at radius 1 is 0.286 bits per heavy atom. The van der Waals surface area contributed by atoms with Crippen molar-refractivity contribution in [2.24, 2.45) is 0 Å². The lowest BCUT2D eigenvalue weighted by Gasteiger charge is -2.23. The maximum Gasteiger partial charge on any atom is 0.471 e. The third kappa shape index (κ3) is 86.1. The molecule has 0 radical (unpaired) electrons. The Hall–Kier alpha value is -3.32. The van der Waals surface area contributed by atoms with Gasteiger partial charge in [-0.3, -0.25) is 33.6 Å². The van der Waals surface area contributed by atoms with E-state index in [-0.39, 0.29) is 67.1 Å². The van der Waals surface area contributed by atoms with E-state index in [0.717, 1.165) is 128 Å². The molecule has 0 spiro atoms. The van der Waals surface area contributed by atoms with Gasteiger partial charge < -0.3 is 28.7 Å². The van der Waals surface area contributed by atoms with Crippen molar-refractivity contribution in [1.82, 2.24) is 9.80 Å². The highest BCUT2D eigenvalue weighted by Crippen LogP contribution is 2.20. The molecule has 0 saturated carbocycles. The number of carbonyl (C=O) groups excluding carboxylic acids is 7. The normalized spacial score (nSPS) is 11.5. The first kappa shape index (κ1) is 106. The molecule has 2 amide bonds. The standard InChI is InChI=1S/C42H76BrNO5.C42H74F3NO5.C2H2Br2O/c1-3-5-7-9-11-13-15-17-19-21-23-25-27-29-31-33-41(46)48-37-35-44(40(45)39-43)36-38-49-42(47)34-32-30-28-26-24-22-20-18-16-14-12-10-8-6-4-2;1-3-5-7-9-11-13-15-17-19-21-23-25-27-29-31-33-39(47)50-37-35-46(41(49)42(43,44)45)36-38-51-40(48)34-32-30-28-26-24-22-20-18-16-14-12-10-8-6-4-2;3-1-2(4)5/h17-20H,3-16,21-39H2,1-2H3;17-20H,3-16,21-38H2,1-2H3;1H2/b2*19-17-,20-18-;. The van der Waals surface area contributed by atoms with Crippen LogP contribution < -0.4 is 0 Å². The zero-order valence-corrected chi connectivity index (χ0v) is 71.7. The molecule has 0 rings (SSSR count). The lowest BCUT2D eigenvalue weighted by Crippen LogP contribution is -2.44. The van der Waals surface area contributed by atoms with Crippen LogP contribution in [0.5, 0.6) is 0 Å². The fraction of sp³-hybridized carbons (Fsp3) is 0.826. The Balaban J connectivity index is -0.00000186. The monoisotopic (exact) mass is 1680 g/mol. The molecule has 0 aliphatic carbocycles. The van der Waals surface area contributed by atoms with E-state index in [4.69, 9.17) is 18.9 Å². The molecule has 0 aromatic carbocycles. The van der Waals surface area contributed by atoms with Crippen molar-refractivity contribution in [2.45, 2.75) is 393 Å². The molecule has 0 bridgehead atoms. The second kappa shape index (κ2) is 86.3. The summed E-state index contributed by atoms with van der Waals surface area (Å²) in [5.74, 6) is -3.55. The van der Waals surface area contributed by atoms with Gasteiger partial charge in [0.2, 0.25) is 10.6 Å². The first-order valence-corrected chi connectivity index (χ1v) is 45.2. The number of carbonyl (C=O) groups is 7. The molecule has 19 heteroatoms. The molecule has 0 fully saturated rings. The van der Waals surface area contributed by atoms with E-state index in [1.807, 2.05) is 0 Å². The molecule has 614 valence electrons. The second-order valence-electron chi connectivity index (χ2n) is 28.0.